The number of hydrogen-bond donors (Lipinski definition) is 2. The standard InChI is InChI=1S/C15H22N2O3/c1-3-20-13-6-4-12(5-7-13)11(2)17-9-8-16-10-14(17)15(18)19/h4-7,11,14,16H,3,8-10H2,1-2H3,(H,18,19). The van der Waals surface area contributed by atoms with Gasteiger partial charge in [0.25, 0.3) is 0 Å². The molecule has 0 aliphatic carbocycles. The number of piperazine rings is 1. The Balaban J connectivity index is 2.12. The summed E-state index contributed by atoms with van der Waals surface area (Å²) < 4.78 is 5.43. The molecule has 0 amide bonds. The van der Waals surface area contributed by atoms with Gasteiger partial charge in [0.1, 0.15) is 11.8 Å². The normalized spacial score (nSPS) is 21.4. The fraction of sp³-hybridized carbons (Fsp3) is 0.533. The molecule has 1 fully saturated rings. The minimum Gasteiger partial charge on any atom is -0.494 e. The quantitative estimate of drug-likeness (QED) is 0.855. The maximum Gasteiger partial charge on any atom is 0.322 e. The van der Waals surface area contributed by atoms with E-state index in [1.54, 1.807) is 0 Å². The van der Waals surface area contributed by atoms with Crippen molar-refractivity contribution in [3.8, 4) is 5.75 Å². The molecule has 2 unspecified atom stereocenters. The van der Waals surface area contributed by atoms with Crippen molar-refractivity contribution in [2.24, 2.45) is 0 Å². The second-order valence-electron chi connectivity index (χ2n) is 4.97. The van der Waals surface area contributed by atoms with Gasteiger partial charge in [0.05, 0.1) is 6.61 Å². The number of aliphatic carboxylic acids is 1. The smallest absolute Gasteiger partial charge is 0.322 e. The summed E-state index contributed by atoms with van der Waals surface area (Å²) in [5, 5.41) is 12.5. The molecule has 0 aromatic heterocycles. The minimum atomic E-state index is -0.769. The zero-order valence-corrected chi connectivity index (χ0v) is 12.0. The molecule has 5 nitrogen and oxygen atoms in total. The Morgan fingerprint density at radius 2 is 2.20 bits per heavy atom. The van der Waals surface area contributed by atoms with E-state index in [1.165, 1.54) is 0 Å². The average molecular weight is 278 g/mol. The van der Waals surface area contributed by atoms with Gasteiger partial charge >= 0.3 is 5.97 Å². The van der Waals surface area contributed by atoms with Crippen molar-refractivity contribution in [2.45, 2.75) is 25.9 Å². The first kappa shape index (κ1) is 14.8. The van der Waals surface area contributed by atoms with Gasteiger partial charge in [0, 0.05) is 25.7 Å². The van der Waals surface area contributed by atoms with Crippen molar-refractivity contribution in [3.63, 3.8) is 0 Å². The Morgan fingerprint density at radius 1 is 1.50 bits per heavy atom. The van der Waals surface area contributed by atoms with E-state index in [9.17, 15) is 9.90 Å². The summed E-state index contributed by atoms with van der Waals surface area (Å²) in [6.45, 7) is 6.71. The van der Waals surface area contributed by atoms with Gasteiger partial charge in [-0.25, -0.2) is 0 Å². The van der Waals surface area contributed by atoms with Crippen LogP contribution >= 0.6 is 0 Å². The molecule has 2 N–H and O–H groups in total. The summed E-state index contributed by atoms with van der Waals surface area (Å²) in [6, 6.07) is 7.51. The van der Waals surface area contributed by atoms with Crippen LogP contribution in [0.25, 0.3) is 0 Å². The van der Waals surface area contributed by atoms with Crippen LogP contribution < -0.4 is 10.1 Å². The summed E-state index contributed by atoms with van der Waals surface area (Å²) in [7, 11) is 0. The van der Waals surface area contributed by atoms with E-state index in [0.29, 0.717) is 13.2 Å². The molecule has 2 rings (SSSR count). The SMILES string of the molecule is CCOc1ccc(C(C)N2CCNCC2C(=O)O)cc1. The summed E-state index contributed by atoms with van der Waals surface area (Å²) >= 11 is 0. The Morgan fingerprint density at radius 3 is 2.80 bits per heavy atom. The number of nitrogens with zero attached hydrogens (tertiary/aromatic N) is 1. The second kappa shape index (κ2) is 6.72. The van der Waals surface area contributed by atoms with Crippen molar-refractivity contribution >= 4 is 5.97 Å². The molecule has 1 aliphatic heterocycles. The molecule has 1 saturated heterocycles. The molecular weight excluding hydrogens is 256 g/mol. The Bertz CT molecular complexity index is 447. The lowest BCUT2D eigenvalue weighted by Gasteiger charge is -2.38. The summed E-state index contributed by atoms with van der Waals surface area (Å²) in [6.07, 6.45) is 0. The second-order valence-corrected chi connectivity index (χ2v) is 4.97. The number of hydrogen-bond acceptors (Lipinski definition) is 4. The summed E-state index contributed by atoms with van der Waals surface area (Å²) in [5.74, 6) is 0.0773. The van der Waals surface area contributed by atoms with Gasteiger partial charge in [-0.2, -0.15) is 0 Å². The van der Waals surface area contributed by atoms with Gasteiger partial charge in [-0.05, 0) is 31.5 Å². The Labute approximate surface area is 119 Å². The van der Waals surface area contributed by atoms with E-state index in [2.05, 4.69) is 12.2 Å². The predicted octanol–water partition coefficient (Wildman–Crippen LogP) is 1.50. The number of nitrogens with one attached hydrogen (secondary N) is 1. The lowest BCUT2D eigenvalue weighted by Crippen LogP contribution is -2.55. The highest BCUT2D eigenvalue weighted by Gasteiger charge is 2.32. The van der Waals surface area contributed by atoms with Crippen molar-refractivity contribution in [1.82, 2.24) is 10.2 Å². The molecular formula is C15H22N2O3. The van der Waals surface area contributed by atoms with Crippen LogP contribution in [0, 0.1) is 0 Å². The van der Waals surface area contributed by atoms with Crippen LogP contribution in [0.5, 0.6) is 5.75 Å². The first-order valence-electron chi connectivity index (χ1n) is 7.05. The number of carboxylic acid groups (broad SMARTS) is 1. The molecule has 0 spiro atoms. The zero-order chi connectivity index (χ0) is 14.5. The topological polar surface area (TPSA) is 61.8 Å². The minimum absolute atomic E-state index is 0.0777. The third-order valence-corrected chi connectivity index (χ3v) is 3.74. The molecule has 20 heavy (non-hydrogen) atoms. The first-order chi connectivity index (χ1) is 9.63. The molecule has 1 heterocycles. The van der Waals surface area contributed by atoms with Crippen LogP contribution in [0.15, 0.2) is 24.3 Å². The molecule has 0 saturated carbocycles. The van der Waals surface area contributed by atoms with E-state index < -0.39 is 12.0 Å². The van der Waals surface area contributed by atoms with E-state index in [0.717, 1.165) is 24.4 Å². The van der Waals surface area contributed by atoms with E-state index in [4.69, 9.17) is 4.74 Å². The zero-order valence-electron chi connectivity index (χ0n) is 12.0. The predicted molar refractivity (Wildman–Crippen MR) is 77.0 cm³/mol. The third-order valence-electron chi connectivity index (χ3n) is 3.74. The molecule has 1 aromatic rings. The van der Waals surface area contributed by atoms with Crippen LogP contribution in [-0.4, -0.2) is 48.3 Å². The first-order valence-corrected chi connectivity index (χ1v) is 7.05. The number of carbonyl (C=O) groups is 1. The number of rotatable bonds is 5. The largest absolute Gasteiger partial charge is 0.494 e. The lowest BCUT2D eigenvalue weighted by molar-refractivity contribution is -0.145. The Hall–Kier alpha value is -1.59. The van der Waals surface area contributed by atoms with Crippen LogP contribution in [0.2, 0.25) is 0 Å². The molecule has 0 radical (unpaired) electrons. The van der Waals surface area contributed by atoms with Crippen molar-refractivity contribution in [2.75, 3.05) is 26.2 Å². The van der Waals surface area contributed by atoms with Gasteiger partial charge in [-0.1, -0.05) is 12.1 Å². The number of benzene rings is 1. The lowest BCUT2D eigenvalue weighted by atomic mass is 10.0. The fourth-order valence-electron chi connectivity index (χ4n) is 2.61. The van der Waals surface area contributed by atoms with E-state index in [-0.39, 0.29) is 6.04 Å². The molecule has 2 atom stereocenters. The maximum absolute atomic E-state index is 11.3. The number of ether oxygens (including phenoxy) is 1. The monoisotopic (exact) mass is 278 g/mol. The number of carboxylic acids is 1. The van der Waals surface area contributed by atoms with Crippen LogP contribution in [0.1, 0.15) is 25.5 Å². The van der Waals surface area contributed by atoms with Gasteiger partial charge in [-0.3, -0.25) is 9.69 Å². The molecule has 1 aliphatic rings. The van der Waals surface area contributed by atoms with Crippen molar-refractivity contribution < 1.29 is 14.6 Å². The third kappa shape index (κ3) is 3.29. The van der Waals surface area contributed by atoms with Gasteiger partial charge < -0.3 is 15.2 Å². The molecule has 1 aromatic carbocycles. The molecule has 0 bridgehead atoms. The van der Waals surface area contributed by atoms with Gasteiger partial charge in [0.2, 0.25) is 0 Å². The highest BCUT2D eigenvalue weighted by Crippen LogP contribution is 2.25. The van der Waals surface area contributed by atoms with Gasteiger partial charge in [0.15, 0.2) is 0 Å². The van der Waals surface area contributed by atoms with Gasteiger partial charge in [-0.15, -0.1) is 0 Å². The molecule has 110 valence electrons. The summed E-state index contributed by atoms with van der Waals surface area (Å²) in [4.78, 5) is 13.4. The van der Waals surface area contributed by atoms with Crippen molar-refractivity contribution in [1.29, 1.82) is 0 Å². The van der Waals surface area contributed by atoms with E-state index in [1.807, 2.05) is 36.1 Å². The molecule has 5 heteroatoms. The fourth-order valence-corrected chi connectivity index (χ4v) is 2.61. The van der Waals surface area contributed by atoms with Crippen LogP contribution in [-0.2, 0) is 4.79 Å². The maximum atomic E-state index is 11.3. The van der Waals surface area contributed by atoms with Crippen LogP contribution in [0.4, 0.5) is 0 Å². The highest BCUT2D eigenvalue weighted by molar-refractivity contribution is 5.74. The van der Waals surface area contributed by atoms with Crippen LogP contribution in [0.3, 0.4) is 0 Å². The summed E-state index contributed by atoms with van der Waals surface area (Å²) in [5.41, 5.74) is 1.11. The van der Waals surface area contributed by atoms with E-state index >= 15 is 0 Å². The highest BCUT2D eigenvalue weighted by atomic mass is 16.5. The van der Waals surface area contributed by atoms with Crippen molar-refractivity contribution in [3.05, 3.63) is 29.8 Å². The average Bonchev–Trinajstić information content (AvgIpc) is 2.47. The Kier molecular flexibility index (Phi) is 4.98.